The first-order valence-corrected chi connectivity index (χ1v) is 10.1. The Balaban J connectivity index is 1.68. The van der Waals surface area contributed by atoms with Gasteiger partial charge in [0.2, 0.25) is 0 Å². The van der Waals surface area contributed by atoms with E-state index in [0.29, 0.717) is 17.6 Å². The average molecular weight is 472 g/mol. The molecule has 0 radical (unpaired) electrons. The molecule has 33 heavy (non-hydrogen) atoms. The van der Waals surface area contributed by atoms with E-state index in [0.717, 1.165) is 44.4 Å². The summed E-state index contributed by atoms with van der Waals surface area (Å²) in [4.78, 5) is 15.9. The van der Waals surface area contributed by atoms with Gasteiger partial charge in [-0.05, 0) is 25.0 Å². The molecule has 4 rings (SSSR count). The summed E-state index contributed by atoms with van der Waals surface area (Å²) in [5.74, 6) is -1.79. The van der Waals surface area contributed by atoms with Crippen LogP contribution in [0.15, 0.2) is 36.8 Å². The molecule has 2 aromatic heterocycles. The predicted molar refractivity (Wildman–Crippen MR) is 106 cm³/mol. The van der Waals surface area contributed by atoms with Crippen LogP contribution in [0.25, 0.3) is 10.9 Å². The van der Waals surface area contributed by atoms with Crippen LogP contribution in [0.5, 0.6) is 5.75 Å². The lowest BCUT2D eigenvalue weighted by atomic mass is 9.96. The van der Waals surface area contributed by atoms with E-state index >= 15 is 0 Å². The molecule has 0 bridgehead atoms. The van der Waals surface area contributed by atoms with Crippen molar-refractivity contribution in [1.82, 2.24) is 14.8 Å². The first-order chi connectivity index (χ1) is 15.5. The van der Waals surface area contributed by atoms with Gasteiger partial charge in [0.25, 0.3) is 5.91 Å². The normalized spacial score (nSPS) is 15.6. The van der Waals surface area contributed by atoms with Gasteiger partial charge in [0.15, 0.2) is 5.75 Å². The molecular formula is C21H18F6N4O2. The third-order valence-electron chi connectivity index (χ3n) is 5.37. The van der Waals surface area contributed by atoms with Crippen molar-refractivity contribution in [2.45, 2.75) is 50.7 Å². The zero-order valence-electron chi connectivity index (χ0n) is 17.0. The number of nitrogens with zero attached hydrogens (tertiary/aromatic N) is 3. The zero-order chi connectivity index (χ0) is 23.8. The quantitative estimate of drug-likeness (QED) is 0.466. The Morgan fingerprint density at radius 2 is 1.76 bits per heavy atom. The highest BCUT2D eigenvalue weighted by Gasteiger charge is 2.34. The van der Waals surface area contributed by atoms with E-state index in [-0.39, 0.29) is 17.2 Å². The number of pyridine rings is 1. The Labute approximate surface area is 183 Å². The number of halogens is 6. The van der Waals surface area contributed by atoms with Crippen molar-refractivity contribution in [2.24, 2.45) is 0 Å². The molecule has 3 aromatic rings. The van der Waals surface area contributed by atoms with Crippen molar-refractivity contribution >= 4 is 22.5 Å². The van der Waals surface area contributed by atoms with Crippen molar-refractivity contribution < 1.29 is 35.9 Å². The van der Waals surface area contributed by atoms with E-state index in [2.05, 4.69) is 20.1 Å². The first kappa shape index (κ1) is 22.9. The molecule has 1 N–H and O–H groups in total. The van der Waals surface area contributed by atoms with Crippen molar-refractivity contribution in [1.29, 1.82) is 0 Å². The first-order valence-electron chi connectivity index (χ1n) is 10.1. The number of ether oxygens (including phenoxy) is 1. The minimum absolute atomic E-state index is 0.118. The Kier molecular flexibility index (Phi) is 5.93. The van der Waals surface area contributed by atoms with Crippen LogP contribution in [0.3, 0.4) is 0 Å². The van der Waals surface area contributed by atoms with Crippen LogP contribution in [-0.4, -0.2) is 27.0 Å². The highest BCUT2D eigenvalue weighted by Crippen LogP contribution is 2.36. The maximum absolute atomic E-state index is 13.0. The number of aromatic nitrogens is 3. The number of amides is 1. The molecule has 1 amide bonds. The number of hydrogen-bond donors (Lipinski definition) is 1. The van der Waals surface area contributed by atoms with Crippen molar-refractivity contribution in [3.63, 3.8) is 0 Å². The Hall–Kier alpha value is -3.31. The molecular weight excluding hydrogens is 454 g/mol. The van der Waals surface area contributed by atoms with E-state index in [9.17, 15) is 31.1 Å². The van der Waals surface area contributed by atoms with Crippen LogP contribution in [0.1, 0.15) is 54.1 Å². The van der Waals surface area contributed by atoms with Gasteiger partial charge in [-0.2, -0.15) is 18.3 Å². The summed E-state index contributed by atoms with van der Waals surface area (Å²) in [6.07, 6.45) is -1.75. The number of hydrogen-bond acceptors (Lipinski definition) is 4. The second-order valence-corrected chi connectivity index (χ2v) is 7.77. The van der Waals surface area contributed by atoms with Crippen LogP contribution in [0.2, 0.25) is 0 Å². The molecule has 0 atom stereocenters. The molecule has 0 aliphatic heterocycles. The van der Waals surface area contributed by atoms with E-state index in [1.165, 1.54) is 6.07 Å². The molecule has 1 fully saturated rings. The monoisotopic (exact) mass is 472 g/mol. The Bertz CT molecular complexity index is 1170. The fraction of sp³-hybridized carbons (Fsp3) is 0.381. The van der Waals surface area contributed by atoms with Gasteiger partial charge in [-0.3, -0.25) is 14.5 Å². The second kappa shape index (κ2) is 8.56. The van der Waals surface area contributed by atoms with Crippen LogP contribution >= 0.6 is 0 Å². The fourth-order valence-corrected chi connectivity index (χ4v) is 3.82. The van der Waals surface area contributed by atoms with Gasteiger partial charge in [0.1, 0.15) is 0 Å². The second-order valence-electron chi connectivity index (χ2n) is 7.77. The smallest absolute Gasteiger partial charge is 0.403 e. The van der Waals surface area contributed by atoms with Crippen molar-refractivity contribution in [3.05, 3.63) is 47.9 Å². The number of carbonyl (C=O) groups is 1. The van der Waals surface area contributed by atoms with Gasteiger partial charge in [-0.15, -0.1) is 13.2 Å². The summed E-state index contributed by atoms with van der Waals surface area (Å²) in [6, 6.07) is 2.98. The fourth-order valence-electron chi connectivity index (χ4n) is 3.82. The van der Waals surface area contributed by atoms with E-state index in [1.807, 2.05) is 0 Å². The number of carbonyl (C=O) groups excluding carboxylic acids is 1. The lowest BCUT2D eigenvalue weighted by Gasteiger charge is -2.21. The van der Waals surface area contributed by atoms with Gasteiger partial charge in [0, 0.05) is 30.0 Å². The van der Waals surface area contributed by atoms with Gasteiger partial charge >= 0.3 is 12.5 Å². The SMILES string of the molecule is O=C(Nc1cc2cn(C3CCCCC3)nc2cc1OC(F)(F)F)c1cncc(C(F)(F)F)c1. The van der Waals surface area contributed by atoms with Gasteiger partial charge in [-0.25, -0.2) is 0 Å². The Morgan fingerprint density at radius 1 is 1.03 bits per heavy atom. The lowest BCUT2D eigenvalue weighted by molar-refractivity contribution is -0.274. The Morgan fingerprint density at radius 3 is 2.42 bits per heavy atom. The summed E-state index contributed by atoms with van der Waals surface area (Å²) < 4.78 is 83.4. The molecule has 1 aliphatic rings. The molecule has 176 valence electrons. The molecule has 1 saturated carbocycles. The standard InChI is InChI=1S/C21H18F6N4O2/c22-20(23,24)14-6-12(9-28-10-14)19(32)29-17-7-13-11-31(15-4-2-1-3-5-15)30-16(13)8-18(17)33-21(25,26)27/h6-11,15H,1-5H2,(H,29,32). The number of fused-ring (bicyclic) bond motifs is 1. The summed E-state index contributed by atoms with van der Waals surface area (Å²) in [5.41, 5.74) is -1.75. The van der Waals surface area contributed by atoms with Gasteiger partial charge < -0.3 is 10.1 Å². The number of alkyl halides is 6. The zero-order valence-corrected chi connectivity index (χ0v) is 17.0. The largest absolute Gasteiger partial charge is 0.573 e. The lowest BCUT2D eigenvalue weighted by Crippen LogP contribution is -2.20. The summed E-state index contributed by atoms with van der Waals surface area (Å²) in [6.45, 7) is 0. The molecule has 1 aliphatic carbocycles. The van der Waals surface area contributed by atoms with Crippen molar-refractivity contribution in [3.8, 4) is 5.75 Å². The highest BCUT2D eigenvalue weighted by atomic mass is 19.4. The molecule has 0 unspecified atom stereocenters. The van der Waals surface area contributed by atoms with Gasteiger partial charge in [-0.1, -0.05) is 19.3 Å². The van der Waals surface area contributed by atoms with E-state index in [4.69, 9.17) is 0 Å². The third-order valence-corrected chi connectivity index (χ3v) is 5.37. The van der Waals surface area contributed by atoms with E-state index < -0.39 is 35.3 Å². The highest BCUT2D eigenvalue weighted by molar-refractivity contribution is 6.06. The number of rotatable bonds is 4. The third kappa shape index (κ3) is 5.37. The molecule has 0 saturated heterocycles. The number of anilines is 1. The summed E-state index contributed by atoms with van der Waals surface area (Å²) in [5, 5.41) is 7.02. The summed E-state index contributed by atoms with van der Waals surface area (Å²) in [7, 11) is 0. The van der Waals surface area contributed by atoms with Crippen LogP contribution < -0.4 is 10.1 Å². The summed E-state index contributed by atoms with van der Waals surface area (Å²) >= 11 is 0. The predicted octanol–water partition coefficient (Wildman–Crippen LogP) is 6.11. The van der Waals surface area contributed by atoms with E-state index in [1.54, 1.807) is 10.9 Å². The van der Waals surface area contributed by atoms with Crippen LogP contribution in [0.4, 0.5) is 32.0 Å². The number of benzene rings is 1. The topological polar surface area (TPSA) is 69.0 Å². The average Bonchev–Trinajstić information content (AvgIpc) is 3.16. The van der Waals surface area contributed by atoms with Crippen LogP contribution in [0, 0.1) is 0 Å². The molecule has 1 aromatic carbocycles. The minimum atomic E-state index is -5.06. The minimum Gasteiger partial charge on any atom is -0.403 e. The van der Waals surface area contributed by atoms with Gasteiger partial charge in [0.05, 0.1) is 28.4 Å². The van der Waals surface area contributed by atoms with Crippen LogP contribution in [-0.2, 0) is 6.18 Å². The molecule has 6 nitrogen and oxygen atoms in total. The molecule has 2 heterocycles. The molecule has 0 spiro atoms. The maximum atomic E-state index is 13.0. The molecule has 12 heteroatoms. The maximum Gasteiger partial charge on any atom is 0.573 e. The number of nitrogens with one attached hydrogen (secondary N) is 1. The van der Waals surface area contributed by atoms with Crippen molar-refractivity contribution in [2.75, 3.05) is 5.32 Å².